The second-order valence-corrected chi connectivity index (χ2v) is 4.34. The molecule has 0 aliphatic heterocycles. The van der Waals surface area contributed by atoms with Crippen LogP contribution in [0, 0.1) is 0 Å². The molecule has 0 radical (unpaired) electrons. The van der Waals surface area contributed by atoms with Gasteiger partial charge in [0.2, 0.25) is 0 Å². The van der Waals surface area contributed by atoms with Gasteiger partial charge in [0.05, 0.1) is 0 Å². The molecule has 1 unspecified atom stereocenters. The second kappa shape index (κ2) is 8.11. The van der Waals surface area contributed by atoms with Gasteiger partial charge in [-0.25, -0.2) is 9.59 Å². The second-order valence-electron chi connectivity index (χ2n) is 4.34. The molecule has 0 aliphatic carbocycles. The molecule has 1 heterocycles. The number of methoxy groups -OCH3 is 1. The third-order valence-corrected chi connectivity index (χ3v) is 2.70. The zero-order valence-electron chi connectivity index (χ0n) is 11.6. The monoisotopic (exact) mass is 281 g/mol. The van der Waals surface area contributed by atoms with E-state index < -0.39 is 18.0 Å². The molecule has 1 rings (SSSR count). The Morgan fingerprint density at radius 1 is 1.55 bits per heavy atom. The quantitative estimate of drug-likeness (QED) is 0.768. The SMILES string of the molecule is COCCC(NC(=O)N(C)Cc1cccnc1)C(=O)O. The number of ether oxygens (including phenoxy) is 1. The first-order valence-electron chi connectivity index (χ1n) is 6.17. The van der Waals surface area contributed by atoms with Crippen molar-refractivity contribution in [2.75, 3.05) is 20.8 Å². The van der Waals surface area contributed by atoms with Gasteiger partial charge in [0.15, 0.2) is 0 Å². The maximum atomic E-state index is 11.9. The predicted molar refractivity (Wildman–Crippen MR) is 72.2 cm³/mol. The molecular weight excluding hydrogens is 262 g/mol. The van der Waals surface area contributed by atoms with E-state index in [1.807, 2.05) is 6.07 Å². The molecule has 0 saturated carbocycles. The Hall–Kier alpha value is -2.15. The Labute approximate surface area is 117 Å². The number of hydrogen-bond acceptors (Lipinski definition) is 4. The van der Waals surface area contributed by atoms with Gasteiger partial charge in [-0.2, -0.15) is 0 Å². The minimum atomic E-state index is -1.08. The molecule has 20 heavy (non-hydrogen) atoms. The first kappa shape index (κ1) is 15.9. The van der Waals surface area contributed by atoms with Gasteiger partial charge in [0.1, 0.15) is 6.04 Å². The number of nitrogens with zero attached hydrogens (tertiary/aromatic N) is 2. The van der Waals surface area contributed by atoms with Gasteiger partial charge < -0.3 is 20.1 Å². The van der Waals surface area contributed by atoms with Crippen LogP contribution < -0.4 is 5.32 Å². The zero-order chi connectivity index (χ0) is 15.0. The van der Waals surface area contributed by atoms with Crippen molar-refractivity contribution in [3.63, 3.8) is 0 Å². The molecule has 1 aromatic heterocycles. The van der Waals surface area contributed by atoms with Crippen molar-refractivity contribution in [2.24, 2.45) is 0 Å². The van der Waals surface area contributed by atoms with E-state index in [9.17, 15) is 9.59 Å². The summed E-state index contributed by atoms with van der Waals surface area (Å²) in [6.07, 6.45) is 3.52. The van der Waals surface area contributed by atoms with Crippen molar-refractivity contribution in [2.45, 2.75) is 19.0 Å². The Morgan fingerprint density at radius 3 is 2.85 bits per heavy atom. The molecule has 2 amide bonds. The van der Waals surface area contributed by atoms with Crippen LogP contribution in [0.4, 0.5) is 4.79 Å². The minimum Gasteiger partial charge on any atom is -0.480 e. The number of aromatic nitrogens is 1. The van der Waals surface area contributed by atoms with Crippen LogP contribution >= 0.6 is 0 Å². The van der Waals surface area contributed by atoms with Crippen LogP contribution in [0.2, 0.25) is 0 Å². The standard InChI is InChI=1S/C13H19N3O4/c1-16(9-10-4-3-6-14-8-10)13(19)15-11(12(17)18)5-7-20-2/h3-4,6,8,11H,5,7,9H2,1-2H3,(H,15,19)(H,17,18). The lowest BCUT2D eigenvalue weighted by atomic mass is 10.2. The minimum absolute atomic E-state index is 0.221. The maximum absolute atomic E-state index is 11.9. The first-order valence-corrected chi connectivity index (χ1v) is 6.17. The summed E-state index contributed by atoms with van der Waals surface area (Å²) in [6.45, 7) is 0.625. The molecule has 2 N–H and O–H groups in total. The number of carbonyl (C=O) groups excluding carboxylic acids is 1. The van der Waals surface area contributed by atoms with Crippen molar-refractivity contribution < 1.29 is 19.4 Å². The summed E-state index contributed by atoms with van der Waals surface area (Å²) >= 11 is 0. The summed E-state index contributed by atoms with van der Waals surface area (Å²) in [5.74, 6) is -1.08. The Morgan fingerprint density at radius 2 is 2.30 bits per heavy atom. The third-order valence-electron chi connectivity index (χ3n) is 2.70. The number of urea groups is 1. The topological polar surface area (TPSA) is 91.8 Å². The number of nitrogens with one attached hydrogen (secondary N) is 1. The largest absolute Gasteiger partial charge is 0.480 e. The third kappa shape index (κ3) is 5.23. The number of carbonyl (C=O) groups is 2. The molecule has 7 heteroatoms. The fraction of sp³-hybridized carbons (Fsp3) is 0.462. The van der Waals surface area contributed by atoms with Gasteiger partial charge in [0, 0.05) is 46.1 Å². The molecule has 7 nitrogen and oxygen atoms in total. The van der Waals surface area contributed by atoms with Gasteiger partial charge in [-0.3, -0.25) is 4.98 Å². The Bertz CT molecular complexity index is 439. The van der Waals surface area contributed by atoms with E-state index in [1.165, 1.54) is 12.0 Å². The van der Waals surface area contributed by atoms with E-state index in [0.717, 1.165) is 5.56 Å². The molecule has 110 valence electrons. The lowest BCUT2D eigenvalue weighted by Crippen LogP contribution is -2.46. The number of carboxylic acids is 1. The molecule has 0 bridgehead atoms. The highest BCUT2D eigenvalue weighted by atomic mass is 16.5. The molecule has 0 aromatic carbocycles. The molecule has 0 aliphatic rings. The highest BCUT2D eigenvalue weighted by Crippen LogP contribution is 2.02. The molecule has 0 spiro atoms. The number of aliphatic carboxylic acids is 1. The average Bonchev–Trinajstić information content (AvgIpc) is 2.43. The summed E-state index contributed by atoms with van der Waals surface area (Å²) in [6, 6.07) is 2.21. The summed E-state index contributed by atoms with van der Waals surface area (Å²) < 4.78 is 4.82. The number of rotatable bonds is 7. The van der Waals surface area contributed by atoms with Crippen LogP contribution in [0.5, 0.6) is 0 Å². The van der Waals surface area contributed by atoms with E-state index >= 15 is 0 Å². The summed E-state index contributed by atoms with van der Waals surface area (Å²) in [4.78, 5) is 28.3. The molecular formula is C13H19N3O4. The van der Waals surface area contributed by atoms with E-state index in [-0.39, 0.29) is 13.0 Å². The summed E-state index contributed by atoms with van der Waals surface area (Å²) in [5.41, 5.74) is 0.869. The number of amides is 2. The number of carboxylic acid groups (broad SMARTS) is 1. The smallest absolute Gasteiger partial charge is 0.326 e. The lowest BCUT2D eigenvalue weighted by Gasteiger charge is -2.21. The predicted octanol–water partition coefficient (Wildman–Crippen LogP) is 0.713. The highest BCUT2D eigenvalue weighted by Gasteiger charge is 2.21. The van der Waals surface area contributed by atoms with E-state index in [2.05, 4.69) is 10.3 Å². The summed E-state index contributed by atoms with van der Waals surface area (Å²) in [5, 5.41) is 11.5. The fourth-order valence-corrected chi connectivity index (χ4v) is 1.59. The molecule has 1 atom stereocenters. The maximum Gasteiger partial charge on any atom is 0.326 e. The first-order chi connectivity index (χ1) is 9.54. The lowest BCUT2D eigenvalue weighted by molar-refractivity contribution is -0.139. The van der Waals surface area contributed by atoms with Crippen LogP contribution in [0.25, 0.3) is 0 Å². The van der Waals surface area contributed by atoms with Crippen molar-refractivity contribution >= 4 is 12.0 Å². The molecule has 0 saturated heterocycles. The Balaban J connectivity index is 2.53. The van der Waals surface area contributed by atoms with Crippen LogP contribution in [0.15, 0.2) is 24.5 Å². The van der Waals surface area contributed by atoms with Crippen LogP contribution in [0.1, 0.15) is 12.0 Å². The highest BCUT2D eigenvalue weighted by molar-refractivity contribution is 5.82. The van der Waals surface area contributed by atoms with Gasteiger partial charge in [0.25, 0.3) is 0 Å². The van der Waals surface area contributed by atoms with Crippen molar-refractivity contribution in [3.8, 4) is 0 Å². The van der Waals surface area contributed by atoms with Gasteiger partial charge in [-0.15, -0.1) is 0 Å². The van der Waals surface area contributed by atoms with Crippen LogP contribution in [-0.4, -0.2) is 53.8 Å². The van der Waals surface area contributed by atoms with Crippen molar-refractivity contribution in [1.29, 1.82) is 0 Å². The van der Waals surface area contributed by atoms with E-state index in [0.29, 0.717) is 6.54 Å². The molecule has 1 aromatic rings. The van der Waals surface area contributed by atoms with Gasteiger partial charge in [-0.1, -0.05) is 6.07 Å². The van der Waals surface area contributed by atoms with Crippen molar-refractivity contribution in [3.05, 3.63) is 30.1 Å². The normalized spacial score (nSPS) is 11.7. The van der Waals surface area contributed by atoms with Gasteiger partial charge in [-0.05, 0) is 11.6 Å². The zero-order valence-corrected chi connectivity index (χ0v) is 11.6. The van der Waals surface area contributed by atoms with Crippen molar-refractivity contribution in [1.82, 2.24) is 15.2 Å². The van der Waals surface area contributed by atoms with Gasteiger partial charge >= 0.3 is 12.0 Å². The van der Waals surface area contributed by atoms with E-state index in [1.54, 1.807) is 25.5 Å². The number of hydrogen-bond donors (Lipinski definition) is 2. The summed E-state index contributed by atoms with van der Waals surface area (Å²) in [7, 11) is 3.08. The van der Waals surface area contributed by atoms with Crippen LogP contribution in [-0.2, 0) is 16.1 Å². The van der Waals surface area contributed by atoms with Crippen LogP contribution in [0.3, 0.4) is 0 Å². The van der Waals surface area contributed by atoms with E-state index in [4.69, 9.17) is 9.84 Å². The Kier molecular flexibility index (Phi) is 6.45. The average molecular weight is 281 g/mol. The molecule has 0 fully saturated rings. The fourth-order valence-electron chi connectivity index (χ4n) is 1.59. The number of pyridine rings is 1.